The number of ketones is 2. The molecule has 336 valence electrons. The van der Waals surface area contributed by atoms with Gasteiger partial charge in [-0.05, 0) is 112 Å². The summed E-state index contributed by atoms with van der Waals surface area (Å²) in [5.74, 6) is 4.85. The minimum Gasteiger partial charge on any atom is -0.507 e. The lowest BCUT2D eigenvalue weighted by molar-refractivity contribution is -0.218. The molecule has 8 nitrogen and oxygen atoms in total. The Kier molecular flexibility index (Phi) is 10.7. The molecular formula is C56H64O8. The number of fused-ring (bicyclic) bond motifs is 2. The first-order valence-corrected chi connectivity index (χ1v) is 23.1. The van der Waals surface area contributed by atoms with Crippen molar-refractivity contribution in [1.82, 2.24) is 0 Å². The summed E-state index contributed by atoms with van der Waals surface area (Å²) in [7, 11) is 3.13. The molecule has 4 aromatic rings. The number of ether oxygens (including phenoxy) is 4. The van der Waals surface area contributed by atoms with Crippen LogP contribution in [0.3, 0.4) is 0 Å². The lowest BCUT2D eigenvalue weighted by Crippen LogP contribution is -2.67. The molecule has 0 unspecified atom stereocenters. The minimum absolute atomic E-state index is 0.0492. The molecule has 6 saturated carbocycles. The third-order valence-electron chi connectivity index (χ3n) is 17.4. The van der Waals surface area contributed by atoms with Gasteiger partial charge in [0.05, 0.1) is 14.2 Å². The standard InChI is InChI=1S/2C28H32O4/c2*1-16-24(30)23(21(29)12-11-17-9-7-6-8-10-17)26(31-5)20-14-19-13-18-15-22(27(18,2)3)28(19,4)32-25(16)20/h2*6-12,18-19,22,30H,13-15H2,1-5H3/b2*12-11+/t2*18-,19+,22+,28-/m11/s1. The van der Waals surface area contributed by atoms with Crippen LogP contribution in [0.1, 0.15) is 121 Å². The predicted octanol–water partition coefficient (Wildman–Crippen LogP) is 12.0. The second-order valence-corrected chi connectivity index (χ2v) is 21.1. The molecule has 6 aliphatic carbocycles. The van der Waals surface area contributed by atoms with Crippen LogP contribution < -0.4 is 18.9 Å². The first kappa shape index (κ1) is 43.7. The molecule has 0 amide bonds. The molecule has 12 rings (SSSR count). The van der Waals surface area contributed by atoms with Gasteiger partial charge in [-0.1, -0.05) is 101 Å². The van der Waals surface area contributed by atoms with E-state index in [-0.39, 0.29) is 56.2 Å². The first-order chi connectivity index (χ1) is 30.4. The van der Waals surface area contributed by atoms with E-state index in [1.165, 1.54) is 25.0 Å². The van der Waals surface area contributed by atoms with Crippen molar-refractivity contribution in [2.75, 3.05) is 14.2 Å². The molecular weight excluding hydrogens is 801 g/mol. The molecule has 2 heterocycles. The normalized spacial score (nSPS) is 29.5. The zero-order valence-corrected chi connectivity index (χ0v) is 39.1. The minimum atomic E-state index is -0.268. The number of benzene rings is 4. The lowest BCUT2D eigenvalue weighted by Gasteiger charge is -2.67. The van der Waals surface area contributed by atoms with Crippen LogP contribution in [0.4, 0.5) is 0 Å². The number of hydrogen-bond donors (Lipinski definition) is 2. The Morgan fingerprint density at radius 1 is 0.578 bits per heavy atom. The summed E-state index contributed by atoms with van der Waals surface area (Å²) in [5, 5.41) is 22.2. The maximum absolute atomic E-state index is 13.2. The van der Waals surface area contributed by atoms with Crippen molar-refractivity contribution in [3.63, 3.8) is 0 Å². The molecule has 64 heavy (non-hydrogen) atoms. The van der Waals surface area contributed by atoms with E-state index in [9.17, 15) is 19.8 Å². The smallest absolute Gasteiger partial charge is 0.193 e. The number of hydrogen-bond acceptors (Lipinski definition) is 8. The van der Waals surface area contributed by atoms with Crippen molar-refractivity contribution in [3.05, 3.63) is 117 Å². The molecule has 2 aliphatic heterocycles. The van der Waals surface area contributed by atoms with E-state index in [1.807, 2.05) is 74.5 Å². The highest BCUT2D eigenvalue weighted by Gasteiger charge is 2.67. The monoisotopic (exact) mass is 864 g/mol. The molecule has 0 radical (unpaired) electrons. The van der Waals surface area contributed by atoms with Crippen LogP contribution in [0, 0.1) is 60.2 Å². The van der Waals surface area contributed by atoms with Gasteiger partial charge in [-0.3, -0.25) is 9.59 Å². The largest absolute Gasteiger partial charge is 0.507 e. The van der Waals surface area contributed by atoms with Gasteiger partial charge in [-0.2, -0.15) is 0 Å². The van der Waals surface area contributed by atoms with E-state index in [0.717, 1.165) is 59.8 Å². The Balaban J connectivity index is 0.000000162. The molecule has 6 fully saturated rings. The van der Waals surface area contributed by atoms with Crippen molar-refractivity contribution in [2.24, 2.45) is 46.3 Å². The van der Waals surface area contributed by atoms with E-state index in [0.29, 0.717) is 57.8 Å². The van der Waals surface area contributed by atoms with Gasteiger partial charge in [0.25, 0.3) is 0 Å². The van der Waals surface area contributed by atoms with Gasteiger partial charge < -0.3 is 29.2 Å². The SMILES string of the molecule is COc1c2c(c(C)c(O)c1C(=O)/C=C/c1ccccc1)O[C@]1(C)[C@H](C2)C[C@@H]2C[C@H]1C2(C)C.COc1c2c(c(C)c(O)c1C(=O)/C=C/c1ccccc1)O[C@]1(C)[C@H](C2)C[C@@H]2C[C@H]1C2(C)C. The molecule has 0 saturated heterocycles. The molecule has 8 heteroatoms. The van der Waals surface area contributed by atoms with Gasteiger partial charge in [0.1, 0.15) is 56.8 Å². The van der Waals surface area contributed by atoms with Crippen molar-refractivity contribution >= 4 is 23.7 Å². The van der Waals surface area contributed by atoms with Crippen molar-refractivity contribution in [2.45, 2.75) is 105 Å². The fraction of sp³-hybridized carbons (Fsp3) is 0.464. The van der Waals surface area contributed by atoms with Crippen molar-refractivity contribution in [1.29, 1.82) is 0 Å². The van der Waals surface area contributed by atoms with E-state index in [2.05, 4.69) is 41.5 Å². The highest BCUT2D eigenvalue weighted by molar-refractivity contribution is 6.12. The van der Waals surface area contributed by atoms with E-state index < -0.39 is 0 Å². The second-order valence-electron chi connectivity index (χ2n) is 21.1. The van der Waals surface area contributed by atoms with Crippen LogP contribution in [0.2, 0.25) is 0 Å². The molecule has 2 N–H and O–H groups in total. The molecule has 4 aromatic carbocycles. The second kappa shape index (κ2) is 15.6. The fourth-order valence-corrected chi connectivity index (χ4v) is 13.3. The molecule has 0 spiro atoms. The average Bonchev–Trinajstić information content (AvgIpc) is 3.28. The summed E-state index contributed by atoms with van der Waals surface area (Å²) in [6.45, 7) is 17.6. The van der Waals surface area contributed by atoms with Crippen LogP contribution in [0.15, 0.2) is 72.8 Å². The summed E-state index contributed by atoms with van der Waals surface area (Å²) in [4.78, 5) is 26.4. The lowest BCUT2D eigenvalue weighted by atomic mass is 9.41. The first-order valence-electron chi connectivity index (χ1n) is 23.1. The quantitative estimate of drug-likeness (QED) is 0.133. The van der Waals surface area contributed by atoms with Gasteiger partial charge >= 0.3 is 0 Å². The summed E-state index contributed by atoms with van der Waals surface area (Å²) in [5.41, 5.74) is 5.43. The maximum Gasteiger partial charge on any atom is 0.193 e. The number of rotatable bonds is 8. The fourth-order valence-electron chi connectivity index (χ4n) is 13.3. The third kappa shape index (κ3) is 6.59. The Bertz CT molecular complexity index is 2410. The molecule has 8 atom stereocenters. The van der Waals surface area contributed by atoms with Gasteiger partial charge in [0.15, 0.2) is 11.6 Å². The summed E-state index contributed by atoms with van der Waals surface area (Å²) in [6, 6.07) is 19.3. The van der Waals surface area contributed by atoms with Gasteiger partial charge in [0.2, 0.25) is 0 Å². The van der Waals surface area contributed by atoms with Crippen LogP contribution >= 0.6 is 0 Å². The third-order valence-corrected chi connectivity index (χ3v) is 17.4. The Labute approximate surface area is 378 Å². The molecule has 0 aromatic heterocycles. The zero-order chi connectivity index (χ0) is 45.7. The molecule has 8 aliphatic rings. The van der Waals surface area contributed by atoms with Crippen LogP contribution in [0.25, 0.3) is 12.2 Å². The Morgan fingerprint density at radius 3 is 1.27 bits per heavy atom. The van der Waals surface area contributed by atoms with Crippen LogP contribution in [-0.2, 0) is 12.8 Å². The topological polar surface area (TPSA) is 112 Å². The van der Waals surface area contributed by atoms with Gasteiger partial charge in [-0.25, -0.2) is 0 Å². The number of methoxy groups -OCH3 is 2. The molecule has 4 bridgehead atoms. The number of aromatic hydroxyl groups is 2. The van der Waals surface area contributed by atoms with Gasteiger partial charge in [-0.15, -0.1) is 0 Å². The maximum atomic E-state index is 13.2. The highest BCUT2D eigenvalue weighted by Crippen LogP contribution is 2.69. The number of carbonyl (C=O) groups excluding carboxylic acids is 2. The number of carbonyl (C=O) groups is 2. The summed E-state index contributed by atoms with van der Waals surface area (Å²) < 4.78 is 25.0. The van der Waals surface area contributed by atoms with E-state index in [1.54, 1.807) is 26.4 Å². The number of phenols is 2. The summed E-state index contributed by atoms with van der Waals surface area (Å²) in [6.07, 6.45) is 12.8. The highest BCUT2D eigenvalue weighted by atomic mass is 16.5. The Hall–Kier alpha value is -5.50. The van der Waals surface area contributed by atoms with Crippen molar-refractivity contribution in [3.8, 4) is 34.5 Å². The van der Waals surface area contributed by atoms with E-state index >= 15 is 0 Å². The Morgan fingerprint density at radius 2 is 0.938 bits per heavy atom. The van der Waals surface area contributed by atoms with E-state index in [4.69, 9.17) is 18.9 Å². The van der Waals surface area contributed by atoms with Crippen LogP contribution in [-0.4, -0.2) is 47.2 Å². The van der Waals surface area contributed by atoms with Crippen LogP contribution in [0.5, 0.6) is 34.5 Å². The summed E-state index contributed by atoms with van der Waals surface area (Å²) >= 11 is 0. The van der Waals surface area contributed by atoms with Crippen molar-refractivity contribution < 1.29 is 38.7 Å². The average molecular weight is 865 g/mol. The number of phenolic OH excluding ortho intramolecular Hbond substituents is 2. The number of allylic oxidation sites excluding steroid dienone is 2. The van der Waals surface area contributed by atoms with Gasteiger partial charge in [0, 0.05) is 45.9 Å². The predicted molar refractivity (Wildman–Crippen MR) is 251 cm³/mol. The zero-order valence-electron chi connectivity index (χ0n) is 39.1.